The van der Waals surface area contributed by atoms with E-state index in [1.165, 1.54) is 12.8 Å². The van der Waals surface area contributed by atoms with Crippen LogP contribution in [0.15, 0.2) is 18.2 Å². The Balaban J connectivity index is 2.40. The van der Waals surface area contributed by atoms with E-state index in [2.05, 4.69) is 6.92 Å². The molecule has 4 heteroatoms. The van der Waals surface area contributed by atoms with Crippen molar-refractivity contribution >= 4 is 9.84 Å². The van der Waals surface area contributed by atoms with Gasteiger partial charge in [-0.2, -0.15) is 0 Å². The van der Waals surface area contributed by atoms with Crippen LogP contribution in [-0.4, -0.2) is 18.8 Å². The third-order valence-corrected chi connectivity index (χ3v) is 7.06. The van der Waals surface area contributed by atoms with Crippen LogP contribution in [-0.2, 0) is 9.84 Å². The zero-order valence-corrected chi connectivity index (χ0v) is 13.4. The largest absolute Gasteiger partial charge is 0.507 e. The number of hydrogen-bond acceptors (Lipinski definition) is 3. The van der Waals surface area contributed by atoms with Gasteiger partial charge in [-0.1, -0.05) is 25.1 Å². The first-order chi connectivity index (χ1) is 9.26. The van der Waals surface area contributed by atoms with Crippen LogP contribution in [0.5, 0.6) is 5.75 Å². The molecule has 1 aromatic rings. The monoisotopic (exact) mass is 296 g/mol. The number of hydrogen-bond donors (Lipinski definition) is 1. The van der Waals surface area contributed by atoms with Crippen LogP contribution in [0.1, 0.15) is 62.8 Å². The Morgan fingerprint density at radius 3 is 2.15 bits per heavy atom. The molecule has 2 atom stereocenters. The summed E-state index contributed by atoms with van der Waals surface area (Å²) in [7, 11) is -3.26. The normalized spacial score (nSPS) is 19.1. The van der Waals surface area contributed by atoms with Crippen molar-refractivity contribution in [1.29, 1.82) is 0 Å². The van der Waals surface area contributed by atoms with Crippen molar-refractivity contribution in [2.75, 3.05) is 0 Å². The van der Waals surface area contributed by atoms with Crippen molar-refractivity contribution < 1.29 is 13.5 Å². The lowest BCUT2D eigenvalue weighted by Gasteiger charge is -2.20. The van der Waals surface area contributed by atoms with Crippen LogP contribution >= 0.6 is 0 Å². The summed E-state index contributed by atoms with van der Waals surface area (Å²) in [6.07, 6.45) is 2.40. The second kappa shape index (κ2) is 5.40. The highest BCUT2D eigenvalue weighted by molar-refractivity contribution is 7.92. The molecule has 0 aromatic heterocycles. The second-order valence-electron chi connectivity index (χ2n) is 6.19. The molecule has 2 unspecified atom stereocenters. The minimum atomic E-state index is -3.26. The average molecular weight is 296 g/mol. The Kier molecular flexibility index (Phi) is 4.14. The van der Waals surface area contributed by atoms with Gasteiger partial charge < -0.3 is 5.11 Å². The van der Waals surface area contributed by atoms with Crippen molar-refractivity contribution in [3.63, 3.8) is 0 Å². The SMILES string of the molecule is CC(c1cccc(C(C)S(=O)(=O)C(C)C)c1O)C1CC1. The molecule has 20 heavy (non-hydrogen) atoms. The van der Waals surface area contributed by atoms with Crippen LogP contribution in [0, 0.1) is 5.92 Å². The van der Waals surface area contributed by atoms with Gasteiger partial charge in [0, 0.05) is 5.56 Å². The molecule has 1 aliphatic rings. The summed E-state index contributed by atoms with van der Waals surface area (Å²) in [6, 6.07) is 5.50. The Labute approximate surface area is 121 Å². The summed E-state index contributed by atoms with van der Waals surface area (Å²) in [6.45, 7) is 7.13. The van der Waals surface area contributed by atoms with E-state index in [-0.39, 0.29) is 5.75 Å². The van der Waals surface area contributed by atoms with Crippen LogP contribution in [0.25, 0.3) is 0 Å². The van der Waals surface area contributed by atoms with Gasteiger partial charge in [-0.05, 0) is 51.0 Å². The highest BCUT2D eigenvalue weighted by Crippen LogP contribution is 2.46. The van der Waals surface area contributed by atoms with E-state index >= 15 is 0 Å². The number of sulfone groups is 1. The van der Waals surface area contributed by atoms with Gasteiger partial charge in [0.25, 0.3) is 0 Å². The number of phenols is 1. The molecule has 3 nitrogen and oxygen atoms in total. The fourth-order valence-corrected chi connectivity index (χ4v) is 4.07. The molecule has 1 aromatic carbocycles. The maximum absolute atomic E-state index is 12.3. The fraction of sp³-hybridized carbons (Fsp3) is 0.625. The van der Waals surface area contributed by atoms with Gasteiger partial charge in [0.15, 0.2) is 9.84 Å². The molecule has 0 bridgehead atoms. The van der Waals surface area contributed by atoms with Gasteiger partial charge >= 0.3 is 0 Å². The van der Waals surface area contributed by atoms with Crippen LogP contribution < -0.4 is 0 Å². The predicted octanol–water partition coefficient (Wildman–Crippen LogP) is 3.79. The first-order valence-corrected chi connectivity index (χ1v) is 8.92. The average Bonchev–Trinajstić information content (AvgIpc) is 3.21. The minimum Gasteiger partial charge on any atom is -0.507 e. The zero-order valence-electron chi connectivity index (χ0n) is 12.6. The third kappa shape index (κ3) is 2.71. The van der Waals surface area contributed by atoms with Gasteiger partial charge in [-0.3, -0.25) is 0 Å². The molecule has 0 spiro atoms. The number of aromatic hydroxyl groups is 1. The van der Waals surface area contributed by atoms with E-state index < -0.39 is 20.3 Å². The molecule has 0 radical (unpaired) electrons. The predicted molar refractivity (Wildman–Crippen MR) is 81.7 cm³/mol. The fourth-order valence-electron chi connectivity index (χ4n) is 2.71. The van der Waals surface area contributed by atoms with E-state index in [0.717, 1.165) is 5.56 Å². The summed E-state index contributed by atoms with van der Waals surface area (Å²) in [5.41, 5.74) is 1.42. The first kappa shape index (κ1) is 15.4. The topological polar surface area (TPSA) is 54.4 Å². The van der Waals surface area contributed by atoms with Crippen molar-refractivity contribution in [2.24, 2.45) is 5.92 Å². The standard InChI is InChI=1S/C16H24O3S/c1-10(2)20(18,19)12(4)15-7-5-6-14(16(15)17)11(3)13-8-9-13/h5-7,10-13,17H,8-9H2,1-4H3. The Bertz CT molecular complexity index is 586. The van der Waals surface area contributed by atoms with Gasteiger partial charge in [0.05, 0.1) is 10.5 Å². The number of phenolic OH excluding ortho intramolecular Hbond substituents is 1. The summed E-state index contributed by atoms with van der Waals surface area (Å²) >= 11 is 0. The van der Waals surface area contributed by atoms with E-state index in [1.807, 2.05) is 12.1 Å². The smallest absolute Gasteiger partial charge is 0.159 e. The molecule has 0 saturated heterocycles. The Hall–Kier alpha value is -1.03. The van der Waals surface area contributed by atoms with Crippen molar-refractivity contribution in [1.82, 2.24) is 0 Å². The van der Waals surface area contributed by atoms with Crippen LogP contribution in [0.4, 0.5) is 0 Å². The van der Waals surface area contributed by atoms with E-state index in [9.17, 15) is 13.5 Å². The molecule has 0 amide bonds. The third-order valence-electron chi connectivity index (χ3n) is 4.51. The highest BCUT2D eigenvalue weighted by Gasteiger charge is 2.33. The van der Waals surface area contributed by atoms with Crippen molar-refractivity contribution in [3.8, 4) is 5.75 Å². The summed E-state index contributed by atoms with van der Waals surface area (Å²) < 4.78 is 24.6. The lowest BCUT2D eigenvalue weighted by molar-refractivity contribution is 0.450. The molecule has 1 aliphatic carbocycles. The maximum atomic E-state index is 12.3. The Morgan fingerprint density at radius 1 is 1.10 bits per heavy atom. The van der Waals surface area contributed by atoms with Crippen molar-refractivity contribution in [3.05, 3.63) is 29.3 Å². The minimum absolute atomic E-state index is 0.170. The first-order valence-electron chi connectivity index (χ1n) is 7.31. The maximum Gasteiger partial charge on any atom is 0.159 e. The van der Waals surface area contributed by atoms with E-state index in [0.29, 0.717) is 17.4 Å². The molecular formula is C16H24O3S. The molecular weight excluding hydrogens is 272 g/mol. The second-order valence-corrected chi connectivity index (χ2v) is 9.02. The number of rotatable bonds is 5. The van der Waals surface area contributed by atoms with Gasteiger partial charge in [0.1, 0.15) is 5.75 Å². The van der Waals surface area contributed by atoms with Crippen LogP contribution in [0.3, 0.4) is 0 Å². The van der Waals surface area contributed by atoms with Gasteiger partial charge in [-0.25, -0.2) is 8.42 Å². The van der Waals surface area contributed by atoms with Crippen LogP contribution in [0.2, 0.25) is 0 Å². The lowest BCUT2D eigenvalue weighted by Crippen LogP contribution is -2.20. The van der Waals surface area contributed by atoms with E-state index in [4.69, 9.17) is 0 Å². The number of benzene rings is 1. The molecule has 1 saturated carbocycles. The molecule has 1 fully saturated rings. The van der Waals surface area contributed by atoms with Gasteiger partial charge in [-0.15, -0.1) is 0 Å². The molecule has 0 heterocycles. The molecule has 112 valence electrons. The summed E-state index contributed by atoms with van der Waals surface area (Å²) in [4.78, 5) is 0. The quantitative estimate of drug-likeness (QED) is 0.899. The molecule has 0 aliphatic heterocycles. The van der Waals surface area contributed by atoms with E-state index in [1.54, 1.807) is 26.8 Å². The summed E-state index contributed by atoms with van der Waals surface area (Å²) in [5.74, 6) is 1.10. The zero-order chi connectivity index (χ0) is 15.1. The molecule has 2 rings (SSSR count). The highest BCUT2D eigenvalue weighted by atomic mass is 32.2. The lowest BCUT2D eigenvalue weighted by atomic mass is 9.93. The number of para-hydroxylation sites is 1. The Morgan fingerprint density at radius 2 is 1.65 bits per heavy atom. The summed E-state index contributed by atoms with van der Waals surface area (Å²) in [5, 5.41) is 9.37. The molecule has 1 N–H and O–H groups in total. The van der Waals surface area contributed by atoms with Crippen molar-refractivity contribution in [2.45, 2.75) is 57.0 Å². The van der Waals surface area contributed by atoms with Gasteiger partial charge in [0.2, 0.25) is 0 Å².